The van der Waals surface area contributed by atoms with Gasteiger partial charge < -0.3 is 4.90 Å². The van der Waals surface area contributed by atoms with Gasteiger partial charge in [0.2, 0.25) is 10.0 Å². The summed E-state index contributed by atoms with van der Waals surface area (Å²) in [5.74, 6) is 1.74. The first-order valence-electron chi connectivity index (χ1n) is 7.34. The number of benzene rings is 1. The average molecular weight is 292 g/mol. The van der Waals surface area contributed by atoms with Crippen molar-refractivity contribution in [1.82, 2.24) is 9.62 Å². The minimum absolute atomic E-state index is 0.144. The largest absolute Gasteiger partial charge is 0.302 e. The van der Waals surface area contributed by atoms with Crippen molar-refractivity contribution in [1.29, 1.82) is 0 Å². The van der Waals surface area contributed by atoms with E-state index >= 15 is 0 Å². The van der Waals surface area contributed by atoms with E-state index in [1.165, 1.54) is 13.0 Å². The quantitative estimate of drug-likeness (QED) is 0.911. The Morgan fingerprint density at radius 2 is 1.80 bits per heavy atom. The lowest BCUT2D eigenvalue weighted by Crippen LogP contribution is -2.49. The van der Waals surface area contributed by atoms with Crippen LogP contribution in [0.15, 0.2) is 29.2 Å². The smallest absolute Gasteiger partial charge is 0.240 e. The lowest BCUT2D eigenvalue weighted by Gasteiger charge is -2.34. The summed E-state index contributed by atoms with van der Waals surface area (Å²) in [6.45, 7) is 5.27. The second kappa shape index (κ2) is 4.29. The molecular weight excluding hydrogens is 272 g/mol. The highest BCUT2D eigenvalue weighted by Gasteiger charge is 2.53. The van der Waals surface area contributed by atoms with E-state index in [1.807, 2.05) is 19.1 Å². The van der Waals surface area contributed by atoms with Crippen LogP contribution < -0.4 is 4.72 Å². The van der Waals surface area contributed by atoms with E-state index in [0.717, 1.165) is 18.7 Å². The van der Waals surface area contributed by atoms with Crippen LogP contribution in [0.3, 0.4) is 0 Å². The molecule has 4 bridgehead atoms. The van der Waals surface area contributed by atoms with Crippen molar-refractivity contribution in [3.8, 4) is 0 Å². The van der Waals surface area contributed by atoms with Crippen molar-refractivity contribution in [2.45, 2.75) is 24.3 Å². The monoisotopic (exact) mass is 292 g/mol. The molecule has 20 heavy (non-hydrogen) atoms. The lowest BCUT2D eigenvalue weighted by atomic mass is 9.95. The van der Waals surface area contributed by atoms with Gasteiger partial charge in [0.25, 0.3) is 0 Å². The van der Waals surface area contributed by atoms with Crippen LogP contribution in [0, 0.1) is 24.7 Å². The first-order valence-corrected chi connectivity index (χ1v) is 8.82. The molecule has 4 nitrogen and oxygen atoms in total. The molecule has 0 amide bonds. The highest BCUT2D eigenvalue weighted by atomic mass is 32.2. The Morgan fingerprint density at radius 3 is 2.50 bits per heavy atom. The van der Waals surface area contributed by atoms with Gasteiger partial charge in [-0.2, -0.15) is 0 Å². The highest BCUT2D eigenvalue weighted by molar-refractivity contribution is 7.89. The molecule has 108 valence electrons. The van der Waals surface area contributed by atoms with Crippen LogP contribution in [0.1, 0.15) is 12.0 Å². The summed E-state index contributed by atoms with van der Waals surface area (Å²) < 4.78 is 28.0. The zero-order chi connectivity index (χ0) is 13.9. The van der Waals surface area contributed by atoms with Gasteiger partial charge in [-0.05, 0) is 43.2 Å². The van der Waals surface area contributed by atoms with Gasteiger partial charge in [-0.25, -0.2) is 13.1 Å². The molecule has 1 aliphatic carbocycles. The van der Waals surface area contributed by atoms with E-state index in [2.05, 4.69) is 9.62 Å². The van der Waals surface area contributed by atoms with Crippen molar-refractivity contribution < 1.29 is 8.42 Å². The molecule has 5 atom stereocenters. The number of hydrogen-bond donors (Lipinski definition) is 1. The molecule has 1 aromatic rings. The van der Waals surface area contributed by atoms with Crippen molar-refractivity contribution in [3.05, 3.63) is 29.8 Å². The Morgan fingerprint density at radius 1 is 1.10 bits per heavy atom. The lowest BCUT2D eigenvalue weighted by molar-refractivity contribution is 0.173. The van der Waals surface area contributed by atoms with Gasteiger partial charge in [0.15, 0.2) is 0 Å². The van der Waals surface area contributed by atoms with Crippen LogP contribution in [0.5, 0.6) is 0 Å². The number of hydrogen-bond acceptors (Lipinski definition) is 3. The predicted molar refractivity (Wildman–Crippen MR) is 76.8 cm³/mol. The van der Waals surface area contributed by atoms with Gasteiger partial charge in [-0.3, -0.25) is 0 Å². The fourth-order valence-electron chi connectivity index (χ4n) is 4.35. The molecule has 1 saturated carbocycles. The number of nitrogens with one attached hydrogen (secondary N) is 1. The third-order valence-corrected chi connectivity index (χ3v) is 6.73. The minimum atomic E-state index is -3.38. The number of aryl methyl sites for hydroxylation is 1. The van der Waals surface area contributed by atoms with Crippen LogP contribution in [-0.2, 0) is 10.0 Å². The summed E-state index contributed by atoms with van der Waals surface area (Å²) in [5, 5.41) is 0. The molecule has 0 radical (unpaired) electrons. The van der Waals surface area contributed by atoms with Crippen LogP contribution in [0.25, 0.3) is 0 Å². The summed E-state index contributed by atoms with van der Waals surface area (Å²) >= 11 is 0. The third kappa shape index (κ3) is 1.91. The molecule has 3 aliphatic heterocycles. The van der Waals surface area contributed by atoms with Gasteiger partial charge >= 0.3 is 0 Å². The Balaban J connectivity index is 1.58. The van der Waals surface area contributed by atoms with Gasteiger partial charge in [-0.15, -0.1) is 0 Å². The third-order valence-electron chi connectivity index (χ3n) is 5.26. The highest BCUT2D eigenvalue weighted by Crippen LogP contribution is 2.47. The molecule has 5 rings (SSSR count). The molecule has 0 spiro atoms. The van der Waals surface area contributed by atoms with Crippen LogP contribution in [0.4, 0.5) is 0 Å². The number of piperidine rings is 2. The number of rotatable bonds is 3. The second-order valence-electron chi connectivity index (χ2n) is 6.60. The fourth-order valence-corrected chi connectivity index (χ4v) is 5.70. The summed E-state index contributed by atoms with van der Waals surface area (Å²) in [6, 6.07) is 7.25. The number of sulfonamides is 1. The minimum Gasteiger partial charge on any atom is -0.302 e. The summed E-state index contributed by atoms with van der Waals surface area (Å²) in [5.41, 5.74) is 1.08. The van der Waals surface area contributed by atoms with Crippen molar-refractivity contribution >= 4 is 10.0 Å². The zero-order valence-corrected chi connectivity index (χ0v) is 12.4. The molecule has 4 aliphatic rings. The molecule has 1 unspecified atom stereocenters. The Kier molecular flexibility index (Phi) is 2.75. The Bertz CT molecular complexity index is 622. The topological polar surface area (TPSA) is 49.4 Å². The normalized spacial score (nSPS) is 38.5. The molecule has 0 aromatic heterocycles. The summed E-state index contributed by atoms with van der Waals surface area (Å²) in [4.78, 5) is 2.88. The average Bonchev–Trinajstić information content (AvgIpc) is 2.81. The molecule has 3 heterocycles. The molecule has 4 fully saturated rings. The van der Waals surface area contributed by atoms with E-state index in [-0.39, 0.29) is 6.04 Å². The molecular formula is C15H20N2O2S. The molecule has 1 aromatic carbocycles. The van der Waals surface area contributed by atoms with E-state index in [4.69, 9.17) is 0 Å². The first-order chi connectivity index (χ1) is 9.53. The Hall–Kier alpha value is -0.910. The molecule has 5 heteroatoms. The van der Waals surface area contributed by atoms with Crippen molar-refractivity contribution in [2.24, 2.45) is 17.8 Å². The first kappa shape index (κ1) is 12.8. The maximum atomic E-state index is 12.5. The maximum Gasteiger partial charge on any atom is 0.240 e. The van der Waals surface area contributed by atoms with Crippen LogP contribution in [0.2, 0.25) is 0 Å². The van der Waals surface area contributed by atoms with E-state index in [1.54, 1.807) is 12.1 Å². The van der Waals surface area contributed by atoms with E-state index in [9.17, 15) is 8.42 Å². The molecule has 1 N–H and O–H groups in total. The van der Waals surface area contributed by atoms with Gasteiger partial charge in [0.05, 0.1) is 4.90 Å². The second-order valence-corrected chi connectivity index (χ2v) is 8.31. The summed E-state index contributed by atoms with van der Waals surface area (Å²) in [6.07, 6.45) is 1.20. The number of nitrogens with zero attached hydrogens (tertiary/aromatic N) is 1. The SMILES string of the molecule is Cc1ccc(S(=O)(=O)N[C@@H]2[C@@H]3C[C@H]4CN(C3)C[C@H]42)cc1. The van der Waals surface area contributed by atoms with Gasteiger partial charge in [0, 0.05) is 25.7 Å². The standard InChI is InChI=1S/C15H20N2O2S/c1-10-2-4-13(5-3-10)20(18,19)16-15-12-6-11-7-17(8-12)9-14(11)15/h2-5,11-12,14-16H,6-9H2,1H3/t11-,12+,14+,15+/m0/s1. The maximum absolute atomic E-state index is 12.5. The van der Waals surface area contributed by atoms with E-state index < -0.39 is 10.0 Å². The van der Waals surface area contributed by atoms with Gasteiger partial charge in [0.1, 0.15) is 0 Å². The van der Waals surface area contributed by atoms with Crippen molar-refractivity contribution in [2.75, 3.05) is 19.6 Å². The zero-order valence-electron chi connectivity index (χ0n) is 11.6. The predicted octanol–water partition coefficient (Wildman–Crippen LogP) is 1.22. The van der Waals surface area contributed by atoms with E-state index in [0.29, 0.717) is 22.6 Å². The molecule has 3 saturated heterocycles. The fraction of sp³-hybridized carbons (Fsp3) is 0.600. The van der Waals surface area contributed by atoms with Crippen molar-refractivity contribution in [3.63, 3.8) is 0 Å². The van der Waals surface area contributed by atoms with Crippen LogP contribution in [-0.4, -0.2) is 39.0 Å². The summed E-state index contributed by atoms with van der Waals surface area (Å²) in [7, 11) is -3.38. The Labute approximate surface area is 120 Å². The van der Waals surface area contributed by atoms with Gasteiger partial charge in [-0.1, -0.05) is 17.7 Å². The van der Waals surface area contributed by atoms with Crippen LogP contribution >= 0.6 is 0 Å².